The number of aromatic nitrogens is 2. The number of aromatic amines is 1. The molecule has 102 valence electrons. The highest BCUT2D eigenvalue weighted by Crippen LogP contribution is 2.25. The first kappa shape index (κ1) is 12.7. The highest BCUT2D eigenvalue weighted by molar-refractivity contribution is 7.71. The van der Waals surface area contributed by atoms with E-state index in [1.807, 2.05) is 12.1 Å². The maximum Gasteiger partial charge on any atom is 0.178 e. The number of nitrogens with one attached hydrogen (secondary N) is 1. The molecule has 1 aliphatic rings. The lowest BCUT2D eigenvalue weighted by Crippen LogP contribution is -2.10. The van der Waals surface area contributed by atoms with Gasteiger partial charge in [-0.25, -0.2) is 0 Å². The van der Waals surface area contributed by atoms with Crippen LogP contribution in [0.3, 0.4) is 0 Å². The Morgan fingerprint density at radius 1 is 1.53 bits per heavy atom. The van der Waals surface area contributed by atoms with E-state index in [2.05, 4.69) is 15.6 Å². The molecular formula is C14H18N2O2S. The van der Waals surface area contributed by atoms with Crippen molar-refractivity contribution in [2.45, 2.75) is 31.9 Å². The van der Waals surface area contributed by atoms with E-state index in [9.17, 15) is 0 Å². The first-order valence-electron chi connectivity index (χ1n) is 6.66. The summed E-state index contributed by atoms with van der Waals surface area (Å²) in [6.07, 6.45) is 3.74. The number of nitrogens with zero attached hydrogens (tertiary/aromatic N) is 1. The number of hydrogen-bond donors (Lipinski definition) is 1. The quantitative estimate of drug-likeness (QED) is 0.872. The van der Waals surface area contributed by atoms with Gasteiger partial charge in [-0.3, -0.25) is 0 Å². The highest BCUT2D eigenvalue weighted by atomic mass is 32.1. The van der Waals surface area contributed by atoms with Gasteiger partial charge in [-0.15, -0.1) is 0 Å². The Morgan fingerprint density at radius 2 is 2.42 bits per heavy atom. The fraction of sp³-hybridized carbons (Fsp3) is 0.500. The Morgan fingerprint density at radius 3 is 3.16 bits per heavy atom. The van der Waals surface area contributed by atoms with Gasteiger partial charge in [-0.1, -0.05) is 6.07 Å². The average Bonchev–Trinajstić information content (AvgIpc) is 3.03. The fourth-order valence-electron chi connectivity index (χ4n) is 2.69. The molecule has 2 heterocycles. The van der Waals surface area contributed by atoms with Gasteiger partial charge in [0.15, 0.2) is 4.77 Å². The smallest absolute Gasteiger partial charge is 0.178 e. The summed E-state index contributed by atoms with van der Waals surface area (Å²) in [5.74, 6) is 0.833. The summed E-state index contributed by atoms with van der Waals surface area (Å²) in [6.45, 7) is 1.79. The van der Waals surface area contributed by atoms with Crippen molar-refractivity contribution in [3.63, 3.8) is 0 Å². The molecule has 19 heavy (non-hydrogen) atoms. The molecule has 1 N–H and O–H groups in total. The zero-order valence-electron chi connectivity index (χ0n) is 11.0. The molecule has 1 aromatic carbocycles. The van der Waals surface area contributed by atoms with Gasteiger partial charge in [0.2, 0.25) is 0 Å². The summed E-state index contributed by atoms with van der Waals surface area (Å²) in [5.41, 5.74) is 2.07. The topological polar surface area (TPSA) is 39.2 Å². The van der Waals surface area contributed by atoms with E-state index in [-0.39, 0.29) is 0 Å². The fourth-order valence-corrected chi connectivity index (χ4v) is 2.98. The number of rotatable bonds is 4. The number of imidazole rings is 1. The van der Waals surface area contributed by atoms with Crippen molar-refractivity contribution in [3.05, 3.63) is 23.0 Å². The summed E-state index contributed by atoms with van der Waals surface area (Å²) < 4.78 is 13.9. The number of hydrogen-bond acceptors (Lipinski definition) is 3. The molecule has 4 nitrogen and oxygen atoms in total. The third kappa shape index (κ3) is 2.40. The second-order valence-electron chi connectivity index (χ2n) is 4.86. The van der Waals surface area contributed by atoms with E-state index in [4.69, 9.17) is 21.7 Å². The van der Waals surface area contributed by atoms with Crippen molar-refractivity contribution in [2.24, 2.45) is 0 Å². The zero-order valence-corrected chi connectivity index (χ0v) is 11.8. The Labute approximate surface area is 117 Å². The van der Waals surface area contributed by atoms with Crippen LogP contribution in [0.15, 0.2) is 18.2 Å². The van der Waals surface area contributed by atoms with Crippen molar-refractivity contribution in [1.82, 2.24) is 9.55 Å². The Kier molecular flexibility index (Phi) is 3.57. The molecule has 0 amide bonds. The molecule has 0 aliphatic carbocycles. The molecule has 3 rings (SSSR count). The second-order valence-corrected chi connectivity index (χ2v) is 5.25. The third-order valence-corrected chi connectivity index (χ3v) is 4.01. The van der Waals surface area contributed by atoms with Gasteiger partial charge >= 0.3 is 0 Å². The summed E-state index contributed by atoms with van der Waals surface area (Å²) in [5, 5.41) is 0. The maximum absolute atomic E-state index is 5.67. The number of methoxy groups -OCH3 is 1. The van der Waals surface area contributed by atoms with Crippen LogP contribution in [-0.4, -0.2) is 29.4 Å². The zero-order chi connectivity index (χ0) is 13.2. The molecule has 0 saturated carbocycles. The highest BCUT2D eigenvalue weighted by Gasteiger charge is 2.16. The molecule has 0 radical (unpaired) electrons. The van der Waals surface area contributed by atoms with Gasteiger partial charge in [0, 0.05) is 13.2 Å². The minimum absolute atomic E-state index is 0.387. The minimum atomic E-state index is 0.387. The molecule has 1 aliphatic heterocycles. The van der Waals surface area contributed by atoms with Crippen LogP contribution in [0.2, 0.25) is 0 Å². The standard InChI is InChI=1S/C14H18N2O2S/c1-17-12-6-2-5-11-13(12)15-14(19)16(11)8-7-10-4-3-9-18-10/h2,5-6,10H,3-4,7-9H2,1H3,(H,15,19). The van der Waals surface area contributed by atoms with Crippen molar-refractivity contribution in [3.8, 4) is 5.75 Å². The summed E-state index contributed by atoms with van der Waals surface area (Å²) in [6, 6.07) is 6.00. The Balaban J connectivity index is 1.90. The predicted octanol–water partition coefficient (Wildman–Crippen LogP) is 3.28. The Hall–Kier alpha value is -1.33. The maximum atomic E-state index is 5.67. The van der Waals surface area contributed by atoms with Crippen LogP contribution >= 0.6 is 12.2 Å². The lowest BCUT2D eigenvalue weighted by molar-refractivity contribution is 0.101. The van der Waals surface area contributed by atoms with Gasteiger partial charge < -0.3 is 19.0 Å². The summed E-state index contributed by atoms with van der Waals surface area (Å²) in [4.78, 5) is 3.23. The predicted molar refractivity (Wildman–Crippen MR) is 77.3 cm³/mol. The number of aryl methyl sites for hydroxylation is 1. The molecule has 1 atom stereocenters. The molecular weight excluding hydrogens is 260 g/mol. The van der Waals surface area contributed by atoms with Crippen LogP contribution in [0.4, 0.5) is 0 Å². The van der Waals surface area contributed by atoms with Crippen LogP contribution in [-0.2, 0) is 11.3 Å². The second kappa shape index (κ2) is 5.35. The van der Waals surface area contributed by atoms with Crippen molar-refractivity contribution >= 4 is 23.3 Å². The minimum Gasteiger partial charge on any atom is -0.494 e. The van der Waals surface area contributed by atoms with Crippen LogP contribution < -0.4 is 4.74 Å². The van der Waals surface area contributed by atoms with Crippen LogP contribution in [0.25, 0.3) is 11.0 Å². The molecule has 1 aromatic heterocycles. The number of ether oxygens (including phenoxy) is 2. The van der Waals surface area contributed by atoms with Crippen molar-refractivity contribution in [1.29, 1.82) is 0 Å². The van der Waals surface area contributed by atoms with Crippen LogP contribution in [0, 0.1) is 4.77 Å². The van der Waals surface area contributed by atoms with Gasteiger partial charge in [0.05, 0.1) is 18.7 Å². The normalized spacial score (nSPS) is 19.1. The lowest BCUT2D eigenvalue weighted by Gasteiger charge is -2.10. The largest absolute Gasteiger partial charge is 0.494 e. The van der Waals surface area contributed by atoms with Gasteiger partial charge in [-0.2, -0.15) is 0 Å². The van der Waals surface area contributed by atoms with E-state index < -0.39 is 0 Å². The van der Waals surface area contributed by atoms with Gasteiger partial charge in [-0.05, 0) is 43.6 Å². The number of H-pyrrole nitrogens is 1. The Bertz CT molecular complexity index is 626. The molecule has 1 saturated heterocycles. The molecule has 1 unspecified atom stereocenters. The van der Waals surface area contributed by atoms with Crippen molar-refractivity contribution < 1.29 is 9.47 Å². The summed E-state index contributed by atoms with van der Waals surface area (Å²) in [7, 11) is 1.68. The van der Waals surface area contributed by atoms with Crippen LogP contribution in [0.1, 0.15) is 19.3 Å². The monoisotopic (exact) mass is 278 g/mol. The molecule has 1 fully saturated rings. The van der Waals surface area contributed by atoms with E-state index in [0.29, 0.717) is 6.10 Å². The molecule has 2 aromatic rings. The van der Waals surface area contributed by atoms with E-state index in [1.54, 1.807) is 7.11 Å². The summed E-state index contributed by atoms with van der Waals surface area (Å²) >= 11 is 5.41. The van der Waals surface area contributed by atoms with E-state index >= 15 is 0 Å². The first-order valence-corrected chi connectivity index (χ1v) is 7.07. The van der Waals surface area contributed by atoms with E-state index in [1.165, 1.54) is 12.8 Å². The molecule has 0 bridgehead atoms. The van der Waals surface area contributed by atoms with Crippen LogP contribution in [0.5, 0.6) is 5.75 Å². The molecule has 5 heteroatoms. The van der Waals surface area contributed by atoms with Crippen molar-refractivity contribution in [2.75, 3.05) is 13.7 Å². The SMILES string of the molecule is COc1cccc2c1[nH]c(=S)n2CCC1CCCO1. The molecule has 0 spiro atoms. The average molecular weight is 278 g/mol. The lowest BCUT2D eigenvalue weighted by atomic mass is 10.2. The van der Waals surface area contributed by atoms with E-state index in [0.717, 1.165) is 41.1 Å². The van der Waals surface area contributed by atoms with Gasteiger partial charge in [0.1, 0.15) is 11.3 Å². The number of para-hydroxylation sites is 1. The number of fused-ring (bicyclic) bond motifs is 1. The first-order chi connectivity index (χ1) is 9.29. The number of benzene rings is 1. The van der Waals surface area contributed by atoms with Gasteiger partial charge in [0.25, 0.3) is 0 Å². The third-order valence-electron chi connectivity index (χ3n) is 3.69.